The van der Waals surface area contributed by atoms with Crippen LogP contribution in [0.15, 0.2) is 0 Å². The molecule has 0 N–H and O–H groups in total. The van der Waals surface area contributed by atoms with Crippen molar-refractivity contribution in [3.05, 3.63) is 0 Å². The minimum absolute atomic E-state index is 0.341. The third-order valence-electron chi connectivity index (χ3n) is 1.76. The molecule has 0 spiro atoms. The minimum atomic E-state index is -2.74. The van der Waals surface area contributed by atoms with Crippen LogP contribution in [-0.4, -0.2) is 20.4 Å². The highest BCUT2D eigenvalue weighted by molar-refractivity contribution is 7.90. The summed E-state index contributed by atoms with van der Waals surface area (Å²) in [6, 6.07) is 0. The van der Waals surface area contributed by atoms with E-state index in [1.807, 2.05) is 0 Å². The van der Waals surface area contributed by atoms with Gasteiger partial charge in [0.2, 0.25) is 0 Å². The minimum Gasteiger partial charge on any atom is -0.229 e. The molecule has 0 amide bonds. The van der Waals surface area contributed by atoms with E-state index in [4.69, 9.17) is 0 Å². The zero-order chi connectivity index (χ0) is 8.91. The average Bonchev–Trinajstić information content (AvgIpc) is 1.83. The van der Waals surface area contributed by atoms with Crippen LogP contribution in [0.25, 0.3) is 0 Å². The molecule has 68 valence electrons. The van der Waals surface area contributed by atoms with Gasteiger partial charge in [0.05, 0.1) is 5.75 Å². The Hall–Kier alpha value is -0.0500. The molecule has 0 aliphatic rings. The van der Waals surface area contributed by atoms with Gasteiger partial charge in [-0.15, -0.1) is 0 Å². The molecule has 0 aromatic carbocycles. The molecule has 0 bridgehead atoms. The molecule has 0 saturated carbocycles. The zero-order valence-corrected chi connectivity index (χ0v) is 8.45. The average molecular weight is 178 g/mol. The number of hydrogen-bond acceptors (Lipinski definition) is 2. The second-order valence-corrected chi connectivity index (χ2v) is 5.57. The monoisotopic (exact) mass is 178 g/mol. The summed E-state index contributed by atoms with van der Waals surface area (Å²) in [5.74, 6) is 0.892. The van der Waals surface area contributed by atoms with Crippen LogP contribution < -0.4 is 0 Å². The third-order valence-corrected chi connectivity index (χ3v) is 2.74. The second-order valence-electron chi connectivity index (χ2n) is 3.31. The molecule has 0 fully saturated rings. The summed E-state index contributed by atoms with van der Waals surface area (Å²) in [5, 5.41) is 0. The summed E-state index contributed by atoms with van der Waals surface area (Å²) in [7, 11) is -2.74. The number of rotatable bonds is 5. The van der Waals surface area contributed by atoms with Gasteiger partial charge < -0.3 is 0 Å². The van der Waals surface area contributed by atoms with Crippen LogP contribution in [0.5, 0.6) is 0 Å². The molecule has 3 heteroatoms. The third kappa shape index (κ3) is 7.85. The largest absolute Gasteiger partial charge is 0.229 e. The van der Waals surface area contributed by atoms with Crippen molar-refractivity contribution >= 4 is 9.84 Å². The topological polar surface area (TPSA) is 34.1 Å². The Balaban J connectivity index is 3.54. The first kappa shape index (κ1) is 11.0. The highest BCUT2D eigenvalue weighted by Crippen LogP contribution is 2.10. The fourth-order valence-corrected chi connectivity index (χ4v) is 1.88. The van der Waals surface area contributed by atoms with Gasteiger partial charge in [-0.1, -0.05) is 26.7 Å². The number of hydrogen-bond donors (Lipinski definition) is 0. The lowest BCUT2D eigenvalue weighted by Crippen LogP contribution is -2.07. The summed E-state index contributed by atoms with van der Waals surface area (Å²) in [5.41, 5.74) is 0. The highest BCUT2D eigenvalue weighted by Gasteiger charge is 2.06. The van der Waals surface area contributed by atoms with Crippen LogP contribution in [0.4, 0.5) is 0 Å². The molecule has 0 saturated heterocycles. The van der Waals surface area contributed by atoms with Gasteiger partial charge in [0.15, 0.2) is 0 Å². The Morgan fingerprint density at radius 2 is 1.82 bits per heavy atom. The van der Waals surface area contributed by atoms with Crippen molar-refractivity contribution in [2.45, 2.75) is 33.1 Å². The molecule has 2 nitrogen and oxygen atoms in total. The van der Waals surface area contributed by atoms with Crippen molar-refractivity contribution in [1.82, 2.24) is 0 Å². The van der Waals surface area contributed by atoms with Gasteiger partial charge in [-0.05, 0) is 12.3 Å². The predicted octanol–water partition coefficient (Wildman–Crippen LogP) is 1.86. The molecule has 0 radical (unpaired) electrons. The Labute approximate surface area is 69.9 Å². The van der Waals surface area contributed by atoms with Crippen molar-refractivity contribution in [2.24, 2.45) is 5.92 Å². The van der Waals surface area contributed by atoms with Gasteiger partial charge in [0, 0.05) is 6.26 Å². The predicted molar refractivity (Wildman–Crippen MR) is 48.4 cm³/mol. The zero-order valence-electron chi connectivity index (χ0n) is 7.63. The fraction of sp³-hybridized carbons (Fsp3) is 1.00. The first-order chi connectivity index (χ1) is 4.95. The van der Waals surface area contributed by atoms with Crippen LogP contribution in [0.3, 0.4) is 0 Å². The molecular weight excluding hydrogens is 160 g/mol. The van der Waals surface area contributed by atoms with Crippen molar-refractivity contribution < 1.29 is 8.42 Å². The van der Waals surface area contributed by atoms with E-state index < -0.39 is 9.84 Å². The molecule has 1 atom stereocenters. The maximum absolute atomic E-state index is 10.7. The van der Waals surface area contributed by atoms with Gasteiger partial charge in [-0.2, -0.15) is 0 Å². The smallest absolute Gasteiger partial charge is 0.147 e. The Morgan fingerprint density at radius 3 is 2.18 bits per heavy atom. The Bertz CT molecular complexity index is 182. The van der Waals surface area contributed by atoms with E-state index in [0.717, 1.165) is 19.3 Å². The molecular formula is C8H18O2S. The Morgan fingerprint density at radius 1 is 1.27 bits per heavy atom. The standard InChI is InChI=1S/C8H18O2S/c1-4-5-8(2)6-7-11(3,9)10/h8H,4-7H2,1-3H3. The first-order valence-electron chi connectivity index (χ1n) is 4.13. The maximum Gasteiger partial charge on any atom is 0.147 e. The molecule has 1 unspecified atom stereocenters. The molecule has 0 aliphatic carbocycles. The van der Waals surface area contributed by atoms with Gasteiger partial charge in [-0.3, -0.25) is 0 Å². The lowest BCUT2D eigenvalue weighted by molar-refractivity contribution is 0.504. The van der Waals surface area contributed by atoms with Crippen molar-refractivity contribution in [2.75, 3.05) is 12.0 Å². The van der Waals surface area contributed by atoms with E-state index in [1.165, 1.54) is 6.26 Å². The van der Waals surface area contributed by atoms with Crippen molar-refractivity contribution in [3.63, 3.8) is 0 Å². The SMILES string of the molecule is CCCC(C)CCS(C)(=O)=O. The van der Waals surface area contributed by atoms with Crippen LogP contribution in [0, 0.1) is 5.92 Å². The van der Waals surface area contributed by atoms with E-state index in [0.29, 0.717) is 11.7 Å². The van der Waals surface area contributed by atoms with E-state index in [1.54, 1.807) is 0 Å². The Kier molecular flexibility index (Phi) is 4.73. The van der Waals surface area contributed by atoms with E-state index >= 15 is 0 Å². The summed E-state index contributed by atoms with van der Waals surface area (Å²) in [6.45, 7) is 4.23. The molecule has 0 aliphatic heterocycles. The molecule has 0 rings (SSSR count). The highest BCUT2D eigenvalue weighted by atomic mass is 32.2. The van der Waals surface area contributed by atoms with E-state index in [9.17, 15) is 8.42 Å². The lowest BCUT2D eigenvalue weighted by atomic mass is 10.0. The van der Waals surface area contributed by atoms with Gasteiger partial charge in [-0.25, -0.2) is 8.42 Å². The molecule has 0 aromatic heterocycles. The van der Waals surface area contributed by atoms with Crippen molar-refractivity contribution in [3.8, 4) is 0 Å². The molecule has 0 heterocycles. The molecule has 11 heavy (non-hydrogen) atoms. The van der Waals surface area contributed by atoms with Crippen molar-refractivity contribution in [1.29, 1.82) is 0 Å². The first-order valence-corrected chi connectivity index (χ1v) is 6.19. The summed E-state index contributed by atoms with van der Waals surface area (Å²) >= 11 is 0. The summed E-state index contributed by atoms with van der Waals surface area (Å²) in [4.78, 5) is 0. The van der Waals surface area contributed by atoms with Gasteiger partial charge >= 0.3 is 0 Å². The van der Waals surface area contributed by atoms with Crippen LogP contribution in [0.1, 0.15) is 33.1 Å². The second kappa shape index (κ2) is 4.75. The van der Waals surface area contributed by atoms with E-state index in [2.05, 4.69) is 13.8 Å². The van der Waals surface area contributed by atoms with Gasteiger partial charge in [0.25, 0.3) is 0 Å². The fourth-order valence-electron chi connectivity index (χ4n) is 1.05. The van der Waals surface area contributed by atoms with Crippen LogP contribution in [0.2, 0.25) is 0 Å². The van der Waals surface area contributed by atoms with E-state index in [-0.39, 0.29) is 0 Å². The lowest BCUT2D eigenvalue weighted by Gasteiger charge is -2.07. The normalized spacial score (nSPS) is 14.8. The van der Waals surface area contributed by atoms with Crippen LogP contribution >= 0.6 is 0 Å². The quantitative estimate of drug-likeness (QED) is 0.644. The summed E-state index contributed by atoms with van der Waals surface area (Å²) in [6.07, 6.45) is 4.39. The number of sulfone groups is 1. The van der Waals surface area contributed by atoms with Gasteiger partial charge in [0.1, 0.15) is 9.84 Å². The molecule has 0 aromatic rings. The summed E-state index contributed by atoms with van der Waals surface area (Å²) < 4.78 is 21.5. The van der Waals surface area contributed by atoms with Crippen LogP contribution in [-0.2, 0) is 9.84 Å². The maximum atomic E-state index is 10.7.